The Hall–Kier alpha value is -1.87. The monoisotopic (exact) mass is 401 g/mol. The lowest BCUT2D eigenvalue weighted by atomic mass is 10.2. The number of benzene rings is 1. The molecule has 122 valence electrons. The van der Waals surface area contributed by atoms with E-state index in [1.54, 1.807) is 6.07 Å². The summed E-state index contributed by atoms with van der Waals surface area (Å²) in [5, 5.41) is 6.19. The number of hydrogen-bond donors (Lipinski definition) is 1. The molecule has 1 atom stereocenters. The quantitative estimate of drug-likeness (QED) is 0.777. The van der Waals surface area contributed by atoms with Gasteiger partial charge < -0.3 is 10.1 Å². The third kappa shape index (κ3) is 4.32. The topological polar surface area (TPSA) is 81.2 Å². The fourth-order valence-corrected chi connectivity index (χ4v) is 2.66. The van der Waals surface area contributed by atoms with Gasteiger partial charge >= 0.3 is 5.97 Å². The van der Waals surface area contributed by atoms with E-state index in [-0.39, 0.29) is 10.6 Å². The van der Waals surface area contributed by atoms with Crippen molar-refractivity contribution in [1.29, 1.82) is 0 Å². The zero-order valence-corrected chi connectivity index (χ0v) is 14.7. The number of ether oxygens (including phenoxy) is 1. The third-order valence-corrected chi connectivity index (χ3v) is 4.16. The first-order valence-corrected chi connectivity index (χ1v) is 8.27. The largest absolute Gasteiger partial charge is 0.448 e. The molecule has 0 spiro atoms. The molecular formula is C14H13BrFN3O3S. The molecule has 0 saturated heterocycles. The van der Waals surface area contributed by atoms with Crippen LogP contribution in [0.15, 0.2) is 22.7 Å². The Morgan fingerprint density at radius 2 is 2.22 bits per heavy atom. The second-order valence-electron chi connectivity index (χ2n) is 4.56. The zero-order valence-electron chi connectivity index (χ0n) is 12.3. The lowest BCUT2D eigenvalue weighted by Crippen LogP contribution is -2.30. The number of amides is 1. The maximum atomic E-state index is 13.7. The van der Waals surface area contributed by atoms with Gasteiger partial charge in [0.05, 0.1) is 11.4 Å². The SMILES string of the molecule is CCc1nnsc1C(=O)O[C@H](C)C(=O)Nc1ccc(Br)cc1F. The molecule has 1 N–H and O–H groups in total. The molecule has 23 heavy (non-hydrogen) atoms. The summed E-state index contributed by atoms with van der Waals surface area (Å²) in [6.45, 7) is 3.24. The van der Waals surface area contributed by atoms with Gasteiger partial charge in [-0.3, -0.25) is 4.79 Å². The first kappa shape index (κ1) is 17.5. The molecule has 1 heterocycles. The van der Waals surface area contributed by atoms with E-state index in [9.17, 15) is 14.0 Å². The molecule has 1 aromatic carbocycles. The molecule has 1 aromatic heterocycles. The summed E-state index contributed by atoms with van der Waals surface area (Å²) in [5.41, 5.74) is 0.529. The van der Waals surface area contributed by atoms with Crippen LogP contribution in [0.1, 0.15) is 29.2 Å². The van der Waals surface area contributed by atoms with E-state index in [0.29, 0.717) is 16.6 Å². The van der Waals surface area contributed by atoms with Gasteiger partial charge in [0, 0.05) is 4.47 Å². The molecular weight excluding hydrogens is 389 g/mol. The molecule has 0 radical (unpaired) electrons. The van der Waals surface area contributed by atoms with Crippen LogP contribution in [0.25, 0.3) is 0 Å². The Bertz CT molecular complexity index is 738. The van der Waals surface area contributed by atoms with Crippen LogP contribution >= 0.6 is 27.5 Å². The number of aromatic nitrogens is 2. The number of rotatable bonds is 5. The summed E-state index contributed by atoms with van der Waals surface area (Å²) >= 11 is 4.04. The van der Waals surface area contributed by atoms with Gasteiger partial charge in [-0.15, -0.1) is 5.10 Å². The van der Waals surface area contributed by atoms with Crippen molar-refractivity contribution in [2.75, 3.05) is 5.32 Å². The van der Waals surface area contributed by atoms with Gasteiger partial charge in [0.1, 0.15) is 5.82 Å². The van der Waals surface area contributed by atoms with Crippen molar-refractivity contribution in [3.63, 3.8) is 0 Å². The number of carbonyl (C=O) groups is 2. The Labute approximate surface area is 144 Å². The molecule has 0 unspecified atom stereocenters. The normalized spacial score (nSPS) is 11.8. The molecule has 0 saturated carbocycles. The van der Waals surface area contributed by atoms with Crippen molar-refractivity contribution in [3.05, 3.63) is 39.1 Å². The van der Waals surface area contributed by atoms with E-state index in [0.717, 1.165) is 11.5 Å². The number of halogens is 2. The molecule has 9 heteroatoms. The number of nitrogens with zero attached hydrogens (tertiary/aromatic N) is 2. The van der Waals surface area contributed by atoms with Crippen LogP contribution in [0.5, 0.6) is 0 Å². The van der Waals surface area contributed by atoms with E-state index in [1.807, 2.05) is 6.92 Å². The van der Waals surface area contributed by atoms with Gasteiger partial charge in [-0.05, 0) is 43.1 Å². The fourth-order valence-electron chi connectivity index (χ4n) is 1.69. The predicted octanol–water partition coefficient (Wildman–Crippen LogP) is 3.19. The molecule has 0 aliphatic heterocycles. The Balaban J connectivity index is 2.01. The van der Waals surface area contributed by atoms with Crippen LogP contribution in [0.3, 0.4) is 0 Å². The molecule has 0 fully saturated rings. The molecule has 6 nitrogen and oxygen atoms in total. The van der Waals surface area contributed by atoms with E-state index in [2.05, 4.69) is 30.8 Å². The second-order valence-corrected chi connectivity index (χ2v) is 6.23. The standard InChI is InChI=1S/C14H13BrFN3O3S/c1-3-10-12(23-19-18-10)14(21)22-7(2)13(20)17-11-5-4-8(15)6-9(11)16/h4-7H,3H2,1-2H3,(H,17,20)/t7-/m1/s1. The minimum Gasteiger partial charge on any atom is -0.448 e. The summed E-state index contributed by atoms with van der Waals surface area (Å²) < 4.78 is 23.0. The highest BCUT2D eigenvalue weighted by molar-refractivity contribution is 9.10. The van der Waals surface area contributed by atoms with Crippen molar-refractivity contribution in [1.82, 2.24) is 9.59 Å². The smallest absolute Gasteiger partial charge is 0.352 e. The van der Waals surface area contributed by atoms with Crippen LogP contribution in [0, 0.1) is 5.82 Å². The molecule has 0 bridgehead atoms. The van der Waals surface area contributed by atoms with E-state index in [1.165, 1.54) is 19.1 Å². The van der Waals surface area contributed by atoms with Gasteiger partial charge in [0.2, 0.25) is 0 Å². The minimum absolute atomic E-state index is 0.00908. The van der Waals surface area contributed by atoms with E-state index < -0.39 is 23.8 Å². The summed E-state index contributed by atoms with van der Waals surface area (Å²) in [5.74, 6) is -1.89. The van der Waals surface area contributed by atoms with Crippen LogP contribution < -0.4 is 5.32 Å². The molecule has 2 aromatic rings. The lowest BCUT2D eigenvalue weighted by Gasteiger charge is -2.13. The molecule has 2 rings (SSSR count). The van der Waals surface area contributed by atoms with Crippen molar-refractivity contribution in [2.24, 2.45) is 0 Å². The summed E-state index contributed by atoms with van der Waals surface area (Å²) in [6, 6.07) is 4.23. The highest BCUT2D eigenvalue weighted by Crippen LogP contribution is 2.20. The molecule has 1 amide bonds. The minimum atomic E-state index is -1.09. The molecule has 0 aliphatic rings. The Morgan fingerprint density at radius 1 is 1.48 bits per heavy atom. The maximum Gasteiger partial charge on any atom is 0.352 e. The average Bonchev–Trinajstić information content (AvgIpc) is 2.98. The fraction of sp³-hybridized carbons (Fsp3) is 0.286. The van der Waals surface area contributed by atoms with Crippen LogP contribution in [0.2, 0.25) is 0 Å². The van der Waals surface area contributed by atoms with Crippen molar-refractivity contribution >= 4 is 45.0 Å². The summed E-state index contributed by atoms with van der Waals surface area (Å²) in [7, 11) is 0. The average molecular weight is 402 g/mol. The third-order valence-electron chi connectivity index (χ3n) is 2.92. The van der Waals surface area contributed by atoms with E-state index >= 15 is 0 Å². The zero-order chi connectivity index (χ0) is 17.0. The highest BCUT2D eigenvalue weighted by Gasteiger charge is 2.23. The number of esters is 1. The van der Waals surface area contributed by atoms with Gasteiger partial charge in [0.15, 0.2) is 11.0 Å². The predicted molar refractivity (Wildman–Crippen MR) is 86.9 cm³/mol. The molecule has 0 aliphatic carbocycles. The number of anilines is 1. The lowest BCUT2D eigenvalue weighted by molar-refractivity contribution is -0.123. The summed E-state index contributed by atoms with van der Waals surface area (Å²) in [4.78, 5) is 24.3. The maximum absolute atomic E-state index is 13.7. The first-order valence-electron chi connectivity index (χ1n) is 6.70. The number of nitrogens with one attached hydrogen (secondary N) is 1. The van der Waals surface area contributed by atoms with Gasteiger partial charge in [-0.2, -0.15) is 0 Å². The highest BCUT2D eigenvalue weighted by atomic mass is 79.9. The number of hydrogen-bond acceptors (Lipinski definition) is 6. The first-order chi connectivity index (χ1) is 10.9. The van der Waals surface area contributed by atoms with Crippen molar-refractivity contribution < 1.29 is 18.7 Å². The van der Waals surface area contributed by atoms with E-state index in [4.69, 9.17) is 4.74 Å². The second kappa shape index (κ2) is 7.60. The van der Waals surface area contributed by atoms with Crippen LogP contribution in [-0.4, -0.2) is 27.6 Å². The number of aryl methyl sites for hydroxylation is 1. The van der Waals surface area contributed by atoms with Gasteiger partial charge in [0.25, 0.3) is 5.91 Å². The van der Waals surface area contributed by atoms with Gasteiger partial charge in [-0.1, -0.05) is 27.3 Å². The van der Waals surface area contributed by atoms with Crippen LogP contribution in [0.4, 0.5) is 10.1 Å². The Kier molecular flexibility index (Phi) is 5.78. The van der Waals surface area contributed by atoms with Gasteiger partial charge in [-0.25, -0.2) is 9.18 Å². The summed E-state index contributed by atoms with van der Waals surface area (Å²) in [6.07, 6.45) is -0.552. The Morgan fingerprint density at radius 3 is 2.87 bits per heavy atom. The van der Waals surface area contributed by atoms with Crippen LogP contribution in [-0.2, 0) is 16.0 Å². The van der Waals surface area contributed by atoms with Crippen molar-refractivity contribution in [2.45, 2.75) is 26.4 Å². The van der Waals surface area contributed by atoms with Crippen molar-refractivity contribution in [3.8, 4) is 0 Å². The number of carbonyl (C=O) groups excluding carboxylic acids is 2.